The summed E-state index contributed by atoms with van der Waals surface area (Å²) >= 11 is 12.1. The molecular weight excluding hydrogens is 307 g/mol. The molecule has 0 radical (unpaired) electrons. The van der Waals surface area contributed by atoms with Crippen LogP contribution in [0.3, 0.4) is 0 Å². The number of rotatable bonds is 4. The average Bonchev–Trinajstić information content (AvgIpc) is 2.43. The second kappa shape index (κ2) is 7.48. The maximum absolute atomic E-state index is 12.4. The van der Waals surface area contributed by atoms with Crippen LogP contribution in [0, 0.1) is 5.92 Å². The highest BCUT2D eigenvalue weighted by atomic mass is 35.5. The highest BCUT2D eigenvalue weighted by molar-refractivity contribution is 6.35. The molecule has 0 heterocycles. The first-order valence-corrected chi connectivity index (χ1v) is 8.13. The minimum Gasteiger partial charge on any atom is -0.349 e. The third kappa shape index (κ3) is 4.60. The molecule has 1 aromatic carbocycles. The number of benzene rings is 1. The topological polar surface area (TPSA) is 32.3 Å². The van der Waals surface area contributed by atoms with Gasteiger partial charge in [0.2, 0.25) is 0 Å². The van der Waals surface area contributed by atoms with E-state index in [2.05, 4.69) is 24.3 Å². The second-order valence-corrected chi connectivity index (χ2v) is 6.85. The summed E-state index contributed by atoms with van der Waals surface area (Å²) in [6.45, 7) is 0.994. The van der Waals surface area contributed by atoms with Gasteiger partial charge < -0.3 is 10.2 Å². The van der Waals surface area contributed by atoms with Gasteiger partial charge in [0.1, 0.15) is 0 Å². The Morgan fingerprint density at radius 3 is 2.71 bits per heavy atom. The summed E-state index contributed by atoms with van der Waals surface area (Å²) in [6.07, 6.45) is 4.59. The van der Waals surface area contributed by atoms with Gasteiger partial charge in [-0.05, 0) is 51.1 Å². The molecule has 116 valence electrons. The molecule has 1 aromatic rings. The Morgan fingerprint density at radius 1 is 1.29 bits per heavy atom. The van der Waals surface area contributed by atoms with E-state index in [1.165, 1.54) is 6.42 Å². The number of amides is 1. The van der Waals surface area contributed by atoms with Crippen molar-refractivity contribution < 1.29 is 4.79 Å². The van der Waals surface area contributed by atoms with Gasteiger partial charge in [0.05, 0.1) is 10.6 Å². The molecule has 21 heavy (non-hydrogen) atoms. The molecule has 1 fully saturated rings. The highest BCUT2D eigenvalue weighted by Gasteiger charge is 2.27. The quantitative estimate of drug-likeness (QED) is 0.910. The van der Waals surface area contributed by atoms with Gasteiger partial charge in [0.15, 0.2) is 0 Å². The van der Waals surface area contributed by atoms with Crippen LogP contribution >= 0.6 is 23.2 Å². The number of hydrogen-bond acceptors (Lipinski definition) is 2. The van der Waals surface area contributed by atoms with E-state index in [1.54, 1.807) is 18.2 Å². The van der Waals surface area contributed by atoms with E-state index in [0.717, 1.165) is 25.8 Å². The molecular formula is C16H22Cl2N2O. The minimum atomic E-state index is -0.127. The van der Waals surface area contributed by atoms with Crippen LogP contribution < -0.4 is 5.32 Å². The molecule has 2 unspecified atom stereocenters. The van der Waals surface area contributed by atoms with Crippen LogP contribution in [-0.2, 0) is 0 Å². The average molecular weight is 329 g/mol. The number of halogens is 2. The van der Waals surface area contributed by atoms with E-state index < -0.39 is 0 Å². The Kier molecular flexibility index (Phi) is 5.91. The standard InChI is InChI=1S/C16H22Cl2N2O/c1-20(2)10-11-5-3-4-6-15(11)19-16(21)13-9-12(17)7-8-14(13)18/h7-9,11,15H,3-6,10H2,1-2H3,(H,19,21). The monoisotopic (exact) mass is 328 g/mol. The molecule has 0 spiro atoms. The van der Waals surface area contributed by atoms with Crippen molar-refractivity contribution in [2.24, 2.45) is 5.92 Å². The zero-order valence-electron chi connectivity index (χ0n) is 12.5. The number of carbonyl (C=O) groups excluding carboxylic acids is 1. The van der Waals surface area contributed by atoms with Crippen LogP contribution in [-0.4, -0.2) is 37.5 Å². The molecule has 1 N–H and O–H groups in total. The molecule has 1 saturated carbocycles. The van der Waals surface area contributed by atoms with Gasteiger partial charge in [0, 0.05) is 17.6 Å². The van der Waals surface area contributed by atoms with Crippen LogP contribution in [0.2, 0.25) is 10.0 Å². The Labute approximate surface area is 136 Å². The smallest absolute Gasteiger partial charge is 0.253 e. The van der Waals surface area contributed by atoms with Gasteiger partial charge >= 0.3 is 0 Å². The van der Waals surface area contributed by atoms with Crippen molar-refractivity contribution in [2.75, 3.05) is 20.6 Å². The number of nitrogens with one attached hydrogen (secondary N) is 1. The van der Waals surface area contributed by atoms with Gasteiger partial charge in [0.25, 0.3) is 5.91 Å². The fourth-order valence-corrected chi connectivity index (χ4v) is 3.38. The first kappa shape index (κ1) is 16.6. The van der Waals surface area contributed by atoms with Crippen molar-refractivity contribution in [3.05, 3.63) is 33.8 Å². The van der Waals surface area contributed by atoms with Crippen LogP contribution in [0.1, 0.15) is 36.0 Å². The van der Waals surface area contributed by atoms with Crippen molar-refractivity contribution in [3.8, 4) is 0 Å². The Balaban J connectivity index is 2.07. The van der Waals surface area contributed by atoms with Gasteiger partial charge in [-0.1, -0.05) is 36.0 Å². The molecule has 1 aliphatic rings. The molecule has 1 aliphatic carbocycles. The largest absolute Gasteiger partial charge is 0.349 e. The SMILES string of the molecule is CN(C)CC1CCCCC1NC(=O)c1cc(Cl)ccc1Cl. The number of carbonyl (C=O) groups is 1. The summed E-state index contributed by atoms with van der Waals surface area (Å²) in [5, 5.41) is 4.12. The normalized spacial score (nSPS) is 22.3. The molecule has 0 saturated heterocycles. The van der Waals surface area contributed by atoms with Crippen molar-refractivity contribution in [2.45, 2.75) is 31.7 Å². The van der Waals surface area contributed by atoms with Crippen LogP contribution in [0.25, 0.3) is 0 Å². The fraction of sp³-hybridized carbons (Fsp3) is 0.562. The maximum Gasteiger partial charge on any atom is 0.253 e. The first-order valence-electron chi connectivity index (χ1n) is 7.38. The molecule has 0 aliphatic heterocycles. The lowest BCUT2D eigenvalue weighted by Gasteiger charge is -2.34. The van der Waals surface area contributed by atoms with Crippen LogP contribution in [0.15, 0.2) is 18.2 Å². The third-order valence-electron chi connectivity index (χ3n) is 4.00. The Morgan fingerprint density at radius 2 is 2.00 bits per heavy atom. The van der Waals surface area contributed by atoms with E-state index in [-0.39, 0.29) is 11.9 Å². The van der Waals surface area contributed by atoms with Crippen LogP contribution in [0.4, 0.5) is 0 Å². The second-order valence-electron chi connectivity index (χ2n) is 6.01. The molecule has 5 heteroatoms. The predicted octanol–water partition coefficient (Wildman–Crippen LogP) is 3.84. The fourth-order valence-electron chi connectivity index (χ4n) is 3.00. The molecule has 2 atom stereocenters. The predicted molar refractivity (Wildman–Crippen MR) is 88.2 cm³/mol. The van der Waals surface area contributed by atoms with E-state index in [1.807, 2.05) is 0 Å². The van der Waals surface area contributed by atoms with Crippen LogP contribution in [0.5, 0.6) is 0 Å². The molecule has 2 rings (SSSR count). The summed E-state index contributed by atoms with van der Waals surface area (Å²) < 4.78 is 0. The van der Waals surface area contributed by atoms with Gasteiger partial charge in [-0.3, -0.25) is 4.79 Å². The van der Waals surface area contributed by atoms with Gasteiger partial charge in [-0.2, -0.15) is 0 Å². The lowest BCUT2D eigenvalue weighted by molar-refractivity contribution is 0.0895. The minimum absolute atomic E-state index is 0.127. The molecule has 0 aromatic heterocycles. The Hall–Kier alpha value is -0.770. The van der Waals surface area contributed by atoms with E-state index in [9.17, 15) is 4.79 Å². The van der Waals surface area contributed by atoms with Crippen molar-refractivity contribution >= 4 is 29.1 Å². The zero-order valence-corrected chi connectivity index (χ0v) is 14.0. The molecule has 1 amide bonds. The third-order valence-corrected chi connectivity index (χ3v) is 4.56. The van der Waals surface area contributed by atoms with E-state index in [0.29, 0.717) is 21.5 Å². The van der Waals surface area contributed by atoms with E-state index >= 15 is 0 Å². The van der Waals surface area contributed by atoms with Crippen molar-refractivity contribution in [1.29, 1.82) is 0 Å². The first-order chi connectivity index (χ1) is 9.97. The van der Waals surface area contributed by atoms with Crippen molar-refractivity contribution in [1.82, 2.24) is 10.2 Å². The lowest BCUT2D eigenvalue weighted by Crippen LogP contribution is -2.45. The zero-order chi connectivity index (χ0) is 15.4. The summed E-state index contributed by atoms with van der Waals surface area (Å²) in [5.41, 5.74) is 0.457. The maximum atomic E-state index is 12.4. The summed E-state index contributed by atoms with van der Waals surface area (Å²) in [7, 11) is 4.14. The van der Waals surface area contributed by atoms with Gasteiger partial charge in [-0.25, -0.2) is 0 Å². The number of hydrogen-bond donors (Lipinski definition) is 1. The summed E-state index contributed by atoms with van der Waals surface area (Å²) in [4.78, 5) is 14.6. The summed E-state index contributed by atoms with van der Waals surface area (Å²) in [6, 6.07) is 5.19. The summed E-state index contributed by atoms with van der Waals surface area (Å²) in [5.74, 6) is 0.369. The number of nitrogens with zero attached hydrogens (tertiary/aromatic N) is 1. The molecule has 3 nitrogen and oxygen atoms in total. The lowest BCUT2D eigenvalue weighted by atomic mass is 9.84. The van der Waals surface area contributed by atoms with Crippen molar-refractivity contribution in [3.63, 3.8) is 0 Å². The Bertz CT molecular complexity index is 505. The molecule has 0 bridgehead atoms. The van der Waals surface area contributed by atoms with E-state index in [4.69, 9.17) is 23.2 Å². The highest BCUT2D eigenvalue weighted by Crippen LogP contribution is 2.26. The van der Waals surface area contributed by atoms with Gasteiger partial charge in [-0.15, -0.1) is 0 Å².